The molecule has 0 spiro atoms. The quantitative estimate of drug-likeness (QED) is 0.645. The highest BCUT2D eigenvalue weighted by atomic mass is 32.1. The molecule has 1 aliphatic heterocycles. The number of anilines is 1. The van der Waals surface area contributed by atoms with Gasteiger partial charge in [-0.15, -0.1) is 11.3 Å². The summed E-state index contributed by atoms with van der Waals surface area (Å²) in [6.45, 7) is 0. The molecular formula is C16H14N2O2S. The van der Waals surface area contributed by atoms with Gasteiger partial charge in [-0.2, -0.15) is 0 Å². The van der Waals surface area contributed by atoms with E-state index in [9.17, 15) is 4.79 Å². The van der Waals surface area contributed by atoms with Gasteiger partial charge >= 0.3 is 5.97 Å². The molecule has 1 aromatic heterocycles. The molecule has 1 aliphatic rings. The summed E-state index contributed by atoms with van der Waals surface area (Å²) in [5.74, 6) is -0.0510. The zero-order valence-corrected chi connectivity index (χ0v) is 12.6. The molecule has 0 N–H and O–H groups in total. The summed E-state index contributed by atoms with van der Waals surface area (Å²) in [5.41, 5.74) is 1.13. The average molecular weight is 298 g/mol. The molecule has 0 bridgehead atoms. The van der Waals surface area contributed by atoms with Crippen molar-refractivity contribution in [2.45, 2.75) is 0 Å². The van der Waals surface area contributed by atoms with Gasteiger partial charge in [-0.3, -0.25) is 0 Å². The predicted octanol–water partition coefficient (Wildman–Crippen LogP) is 3.16. The standard InChI is InChI=1S/C16H14N2O2S/c1-18(2)14-9-8-12(21-14)10-13-16(19)20-15(17-13)11-6-4-3-5-7-11/h3-10H,1-2H3/b13-10+. The highest BCUT2D eigenvalue weighted by molar-refractivity contribution is 7.16. The van der Waals surface area contributed by atoms with Crippen LogP contribution in [0.1, 0.15) is 10.4 Å². The van der Waals surface area contributed by atoms with Gasteiger partial charge in [-0.1, -0.05) is 18.2 Å². The van der Waals surface area contributed by atoms with Gasteiger partial charge in [0.2, 0.25) is 5.90 Å². The highest BCUT2D eigenvalue weighted by Gasteiger charge is 2.24. The number of hydrogen-bond acceptors (Lipinski definition) is 5. The molecule has 0 saturated carbocycles. The van der Waals surface area contributed by atoms with Crippen molar-refractivity contribution >= 4 is 34.3 Å². The predicted molar refractivity (Wildman–Crippen MR) is 85.7 cm³/mol. The minimum Gasteiger partial charge on any atom is -0.402 e. The van der Waals surface area contributed by atoms with Gasteiger partial charge in [0.1, 0.15) is 0 Å². The van der Waals surface area contributed by atoms with Crippen LogP contribution in [0.3, 0.4) is 0 Å². The smallest absolute Gasteiger partial charge is 0.363 e. The first-order valence-electron chi connectivity index (χ1n) is 6.48. The maximum atomic E-state index is 11.9. The number of carbonyl (C=O) groups excluding carboxylic acids is 1. The van der Waals surface area contributed by atoms with Crippen molar-refractivity contribution in [1.82, 2.24) is 0 Å². The Morgan fingerprint density at radius 3 is 2.57 bits per heavy atom. The average Bonchev–Trinajstić information content (AvgIpc) is 3.08. The molecule has 4 nitrogen and oxygen atoms in total. The van der Waals surface area contributed by atoms with Crippen LogP contribution in [0.25, 0.3) is 6.08 Å². The second kappa shape index (κ2) is 5.54. The van der Waals surface area contributed by atoms with Crippen LogP contribution >= 0.6 is 11.3 Å². The summed E-state index contributed by atoms with van der Waals surface area (Å²) < 4.78 is 5.22. The van der Waals surface area contributed by atoms with Crippen molar-refractivity contribution in [3.05, 3.63) is 58.6 Å². The van der Waals surface area contributed by atoms with Gasteiger partial charge in [-0.25, -0.2) is 9.79 Å². The van der Waals surface area contributed by atoms with Crippen molar-refractivity contribution in [3.63, 3.8) is 0 Å². The van der Waals surface area contributed by atoms with Gasteiger partial charge in [0.05, 0.1) is 5.00 Å². The first-order chi connectivity index (χ1) is 10.1. The molecule has 0 radical (unpaired) electrons. The second-order valence-electron chi connectivity index (χ2n) is 4.77. The van der Waals surface area contributed by atoms with Crippen LogP contribution in [0.2, 0.25) is 0 Å². The number of esters is 1. The molecule has 0 atom stereocenters. The summed E-state index contributed by atoms with van der Waals surface area (Å²) in [4.78, 5) is 19.2. The molecule has 2 aromatic rings. The Labute approximate surface area is 127 Å². The van der Waals surface area contributed by atoms with Crippen LogP contribution in [-0.4, -0.2) is 26.0 Å². The molecular weight excluding hydrogens is 284 g/mol. The van der Waals surface area contributed by atoms with Crippen LogP contribution in [0.5, 0.6) is 0 Å². The van der Waals surface area contributed by atoms with E-state index in [1.165, 1.54) is 0 Å². The normalized spacial score (nSPS) is 16.0. The maximum absolute atomic E-state index is 11.9. The number of nitrogens with zero attached hydrogens (tertiary/aromatic N) is 2. The van der Waals surface area contributed by atoms with Crippen molar-refractivity contribution in [3.8, 4) is 0 Å². The summed E-state index contributed by atoms with van der Waals surface area (Å²) in [6, 6.07) is 13.4. The number of thiophene rings is 1. The Bertz CT molecular complexity index is 730. The lowest BCUT2D eigenvalue weighted by molar-refractivity contribution is -0.129. The highest BCUT2D eigenvalue weighted by Crippen LogP contribution is 2.27. The second-order valence-corrected chi connectivity index (χ2v) is 5.87. The lowest BCUT2D eigenvalue weighted by atomic mass is 10.2. The van der Waals surface area contributed by atoms with Gasteiger partial charge in [0.25, 0.3) is 0 Å². The molecule has 2 heterocycles. The minimum atomic E-state index is -0.409. The first kappa shape index (κ1) is 13.6. The first-order valence-corrected chi connectivity index (χ1v) is 7.30. The fourth-order valence-electron chi connectivity index (χ4n) is 1.91. The topological polar surface area (TPSA) is 41.9 Å². The number of aliphatic imine (C=N–C) groups is 1. The Balaban J connectivity index is 1.89. The van der Waals surface area contributed by atoms with Gasteiger partial charge in [-0.05, 0) is 30.3 Å². The van der Waals surface area contributed by atoms with E-state index < -0.39 is 5.97 Å². The van der Waals surface area contributed by atoms with Crippen LogP contribution in [0, 0.1) is 0 Å². The number of benzene rings is 1. The lowest BCUT2D eigenvalue weighted by Gasteiger charge is -2.06. The largest absolute Gasteiger partial charge is 0.402 e. The van der Waals surface area contributed by atoms with Gasteiger partial charge in [0.15, 0.2) is 5.70 Å². The van der Waals surface area contributed by atoms with E-state index in [1.807, 2.05) is 61.5 Å². The van der Waals surface area contributed by atoms with Crippen molar-refractivity contribution in [2.24, 2.45) is 4.99 Å². The summed E-state index contributed by atoms with van der Waals surface area (Å²) in [5, 5.41) is 1.13. The van der Waals surface area contributed by atoms with Crippen molar-refractivity contribution in [1.29, 1.82) is 0 Å². The molecule has 0 aliphatic carbocycles. The van der Waals surface area contributed by atoms with Crippen LogP contribution in [0.15, 0.2) is 53.2 Å². The third-order valence-electron chi connectivity index (χ3n) is 2.97. The Kier molecular flexibility index (Phi) is 3.58. The van der Waals surface area contributed by atoms with E-state index in [0.29, 0.717) is 11.6 Å². The Morgan fingerprint density at radius 2 is 1.90 bits per heavy atom. The maximum Gasteiger partial charge on any atom is 0.363 e. The zero-order chi connectivity index (χ0) is 14.8. The minimum absolute atomic E-state index is 0.334. The van der Waals surface area contributed by atoms with E-state index in [1.54, 1.807) is 17.4 Å². The number of ether oxygens (including phenoxy) is 1. The fourth-order valence-corrected chi connectivity index (χ4v) is 2.78. The molecule has 5 heteroatoms. The van der Waals surface area contributed by atoms with Gasteiger partial charge in [0, 0.05) is 24.5 Å². The molecule has 0 amide bonds. The number of rotatable bonds is 3. The molecule has 3 rings (SSSR count). The Morgan fingerprint density at radius 1 is 1.14 bits per heavy atom. The molecule has 0 fully saturated rings. The zero-order valence-electron chi connectivity index (χ0n) is 11.7. The van der Waals surface area contributed by atoms with E-state index in [2.05, 4.69) is 4.99 Å². The van der Waals surface area contributed by atoms with Gasteiger partial charge < -0.3 is 9.64 Å². The van der Waals surface area contributed by atoms with Crippen LogP contribution in [-0.2, 0) is 9.53 Å². The molecule has 106 valence electrons. The van der Waals surface area contributed by atoms with E-state index in [4.69, 9.17) is 4.74 Å². The van der Waals surface area contributed by atoms with E-state index in [0.717, 1.165) is 15.4 Å². The van der Waals surface area contributed by atoms with Crippen molar-refractivity contribution < 1.29 is 9.53 Å². The SMILES string of the molecule is CN(C)c1ccc(/C=C2/N=C(c3ccccc3)OC2=O)s1. The molecule has 1 aromatic carbocycles. The molecule has 21 heavy (non-hydrogen) atoms. The number of cyclic esters (lactones) is 1. The summed E-state index contributed by atoms with van der Waals surface area (Å²) in [6.07, 6.45) is 1.76. The van der Waals surface area contributed by atoms with Crippen LogP contribution < -0.4 is 4.90 Å². The fraction of sp³-hybridized carbons (Fsp3) is 0.125. The van der Waals surface area contributed by atoms with E-state index >= 15 is 0 Å². The van der Waals surface area contributed by atoms with Crippen LogP contribution in [0.4, 0.5) is 5.00 Å². The van der Waals surface area contributed by atoms with E-state index in [-0.39, 0.29) is 0 Å². The molecule has 0 saturated heterocycles. The Hall–Kier alpha value is -2.40. The molecule has 0 unspecified atom stereocenters. The van der Waals surface area contributed by atoms with Crippen molar-refractivity contribution in [2.75, 3.05) is 19.0 Å². The monoisotopic (exact) mass is 298 g/mol. The number of carbonyl (C=O) groups is 1. The lowest BCUT2D eigenvalue weighted by Crippen LogP contribution is -2.05. The third-order valence-corrected chi connectivity index (χ3v) is 4.17. The summed E-state index contributed by atoms with van der Waals surface area (Å²) in [7, 11) is 3.97. The summed E-state index contributed by atoms with van der Waals surface area (Å²) >= 11 is 1.60. The third kappa shape index (κ3) is 2.87. The number of hydrogen-bond donors (Lipinski definition) is 0.